The number of hydrogen-bond acceptors (Lipinski definition) is 5. The zero-order valence-electron chi connectivity index (χ0n) is 16.2. The van der Waals surface area contributed by atoms with Crippen molar-refractivity contribution in [2.45, 2.75) is 6.54 Å². The number of amides is 2. The maximum atomic E-state index is 13.1. The zero-order chi connectivity index (χ0) is 20.9. The van der Waals surface area contributed by atoms with Crippen LogP contribution in [0.3, 0.4) is 0 Å². The largest absolute Gasteiger partial charge is 0.384 e. The van der Waals surface area contributed by atoms with E-state index in [-0.39, 0.29) is 12.6 Å². The Balaban J connectivity index is 1.57. The van der Waals surface area contributed by atoms with Gasteiger partial charge in [0.25, 0.3) is 0 Å². The predicted octanol–water partition coefficient (Wildman–Crippen LogP) is 3.61. The van der Waals surface area contributed by atoms with Gasteiger partial charge in [0, 0.05) is 24.4 Å². The van der Waals surface area contributed by atoms with Crippen LogP contribution < -0.4 is 10.2 Å². The Morgan fingerprint density at radius 2 is 2.07 bits per heavy atom. The minimum Gasteiger partial charge on any atom is -0.384 e. The zero-order valence-corrected chi connectivity index (χ0v) is 17.1. The number of fused-ring (bicyclic) bond motifs is 1. The lowest BCUT2D eigenvalue weighted by molar-refractivity contribution is 0.256. The summed E-state index contributed by atoms with van der Waals surface area (Å²) < 4.78 is 2.75. The Morgan fingerprint density at radius 1 is 1.23 bits per heavy atom. The smallest absolute Gasteiger partial charge is 0.327 e. The van der Waals surface area contributed by atoms with Crippen LogP contribution in [0.4, 0.5) is 16.3 Å². The number of aliphatic hydroxyl groups is 1. The molecule has 0 radical (unpaired) electrons. The van der Waals surface area contributed by atoms with Gasteiger partial charge in [-0.15, -0.1) is 11.3 Å². The monoisotopic (exact) mass is 417 g/mol. The fourth-order valence-electron chi connectivity index (χ4n) is 3.04. The highest BCUT2D eigenvalue weighted by Gasteiger charge is 2.19. The molecule has 0 bridgehead atoms. The SMILES string of the molecule is Cn1nccc1N(Cc1ccc2ncsc2c1)C(=O)Nc1ccc(C#CCO)cc1. The molecule has 4 aromatic rings. The van der Waals surface area contributed by atoms with E-state index >= 15 is 0 Å². The summed E-state index contributed by atoms with van der Waals surface area (Å²) in [6.07, 6.45) is 1.66. The van der Waals surface area contributed by atoms with Crippen molar-refractivity contribution in [1.29, 1.82) is 0 Å². The quantitative estimate of drug-likeness (QED) is 0.497. The Hall–Kier alpha value is -3.67. The van der Waals surface area contributed by atoms with Crippen LogP contribution in [0, 0.1) is 11.8 Å². The van der Waals surface area contributed by atoms with Crippen molar-refractivity contribution in [3.63, 3.8) is 0 Å². The average Bonchev–Trinajstić information content (AvgIpc) is 3.39. The maximum absolute atomic E-state index is 13.1. The van der Waals surface area contributed by atoms with Crippen LogP contribution in [0.1, 0.15) is 11.1 Å². The molecule has 7 nitrogen and oxygen atoms in total. The maximum Gasteiger partial charge on any atom is 0.327 e. The van der Waals surface area contributed by atoms with Gasteiger partial charge in [-0.25, -0.2) is 9.78 Å². The average molecular weight is 417 g/mol. The number of hydrogen-bond donors (Lipinski definition) is 2. The second-order valence-electron chi connectivity index (χ2n) is 6.52. The van der Waals surface area contributed by atoms with Crippen LogP contribution in [0.2, 0.25) is 0 Å². The lowest BCUT2D eigenvalue weighted by Gasteiger charge is -2.23. The lowest BCUT2D eigenvalue weighted by atomic mass is 10.2. The third-order valence-electron chi connectivity index (χ3n) is 4.50. The van der Waals surface area contributed by atoms with Gasteiger partial charge in [-0.05, 0) is 42.0 Å². The summed E-state index contributed by atoms with van der Waals surface area (Å²) in [7, 11) is 1.80. The molecular weight excluding hydrogens is 398 g/mol. The van der Waals surface area contributed by atoms with Crippen molar-refractivity contribution in [1.82, 2.24) is 14.8 Å². The van der Waals surface area contributed by atoms with Crippen molar-refractivity contribution >= 4 is 39.1 Å². The topological polar surface area (TPSA) is 83.3 Å². The molecule has 0 aliphatic carbocycles. The number of aromatic nitrogens is 3. The molecule has 2 N–H and O–H groups in total. The van der Waals surface area contributed by atoms with Crippen LogP contribution in [-0.4, -0.2) is 32.5 Å². The molecule has 2 aromatic heterocycles. The molecular formula is C22H19N5O2S. The second-order valence-corrected chi connectivity index (χ2v) is 7.41. The van der Waals surface area contributed by atoms with Gasteiger partial charge in [0.2, 0.25) is 0 Å². The number of aliphatic hydroxyl groups excluding tert-OH is 1. The van der Waals surface area contributed by atoms with E-state index in [1.54, 1.807) is 64.5 Å². The van der Waals surface area contributed by atoms with Gasteiger partial charge < -0.3 is 10.4 Å². The van der Waals surface area contributed by atoms with Crippen LogP contribution >= 0.6 is 11.3 Å². The van der Waals surface area contributed by atoms with Crippen LogP contribution in [0.5, 0.6) is 0 Å². The summed E-state index contributed by atoms with van der Waals surface area (Å²) in [4.78, 5) is 19.1. The summed E-state index contributed by atoms with van der Waals surface area (Å²) in [6.45, 7) is 0.199. The number of carbonyl (C=O) groups is 1. The first-order chi connectivity index (χ1) is 14.6. The molecule has 0 spiro atoms. The summed E-state index contributed by atoms with van der Waals surface area (Å²) in [5.41, 5.74) is 5.18. The molecule has 0 saturated carbocycles. The predicted molar refractivity (Wildman–Crippen MR) is 118 cm³/mol. The minimum atomic E-state index is -0.266. The van der Waals surface area contributed by atoms with Crippen molar-refractivity contribution in [3.8, 4) is 11.8 Å². The summed E-state index contributed by atoms with van der Waals surface area (Å²) >= 11 is 1.57. The van der Waals surface area contributed by atoms with E-state index in [2.05, 4.69) is 33.3 Å². The fourth-order valence-corrected chi connectivity index (χ4v) is 3.78. The van der Waals surface area contributed by atoms with Crippen molar-refractivity contribution in [2.75, 3.05) is 16.8 Å². The highest BCUT2D eigenvalue weighted by atomic mass is 32.1. The third-order valence-corrected chi connectivity index (χ3v) is 5.29. The van der Waals surface area contributed by atoms with E-state index in [1.807, 2.05) is 17.6 Å². The van der Waals surface area contributed by atoms with E-state index in [0.717, 1.165) is 21.3 Å². The first-order valence-corrected chi connectivity index (χ1v) is 10.1. The van der Waals surface area contributed by atoms with Gasteiger partial charge in [-0.2, -0.15) is 5.10 Å². The summed E-state index contributed by atoms with van der Waals surface area (Å²) in [5, 5.41) is 15.9. The molecule has 4 rings (SSSR count). The molecule has 0 saturated heterocycles. The first kappa shape index (κ1) is 19.6. The number of carbonyl (C=O) groups excluding carboxylic acids is 1. The Labute approximate surface area is 177 Å². The molecule has 0 fully saturated rings. The van der Waals surface area contributed by atoms with Gasteiger partial charge in [0.15, 0.2) is 0 Å². The van der Waals surface area contributed by atoms with E-state index in [0.29, 0.717) is 18.1 Å². The van der Waals surface area contributed by atoms with Crippen molar-refractivity contribution in [2.24, 2.45) is 7.05 Å². The number of thiazole rings is 1. The molecule has 2 amide bonds. The van der Waals surface area contributed by atoms with Crippen molar-refractivity contribution in [3.05, 3.63) is 71.4 Å². The van der Waals surface area contributed by atoms with Crippen LogP contribution in [0.25, 0.3) is 10.2 Å². The number of nitrogens with one attached hydrogen (secondary N) is 1. The van der Waals surface area contributed by atoms with E-state index in [9.17, 15) is 4.79 Å². The molecule has 150 valence electrons. The third kappa shape index (κ3) is 4.33. The number of rotatable bonds is 4. The molecule has 8 heteroatoms. The Bertz CT molecular complexity index is 1230. The highest BCUT2D eigenvalue weighted by Crippen LogP contribution is 2.23. The molecule has 2 heterocycles. The van der Waals surface area contributed by atoms with Gasteiger partial charge in [-0.3, -0.25) is 9.58 Å². The first-order valence-electron chi connectivity index (χ1n) is 9.22. The van der Waals surface area contributed by atoms with Crippen LogP contribution in [-0.2, 0) is 13.6 Å². The van der Waals surface area contributed by atoms with Gasteiger partial charge >= 0.3 is 6.03 Å². The number of benzene rings is 2. The number of nitrogens with zero attached hydrogens (tertiary/aromatic N) is 4. The summed E-state index contributed by atoms with van der Waals surface area (Å²) in [5.74, 6) is 6.12. The van der Waals surface area contributed by atoms with E-state index < -0.39 is 0 Å². The molecule has 2 aromatic carbocycles. The Morgan fingerprint density at radius 3 is 2.80 bits per heavy atom. The molecule has 0 aliphatic heterocycles. The highest BCUT2D eigenvalue weighted by molar-refractivity contribution is 7.16. The van der Waals surface area contributed by atoms with Gasteiger partial charge in [0.05, 0.1) is 28.5 Å². The van der Waals surface area contributed by atoms with E-state index in [4.69, 9.17) is 5.11 Å². The molecule has 0 unspecified atom stereocenters. The summed E-state index contributed by atoms with van der Waals surface area (Å²) in [6, 6.07) is 14.7. The number of anilines is 2. The normalized spacial score (nSPS) is 10.5. The Kier molecular flexibility index (Phi) is 5.75. The van der Waals surface area contributed by atoms with Gasteiger partial charge in [-0.1, -0.05) is 17.9 Å². The lowest BCUT2D eigenvalue weighted by Crippen LogP contribution is -2.35. The standard InChI is InChI=1S/C22H19N5O2S/c1-26-21(10-11-24-26)27(14-17-6-9-19-20(13-17)30-15-23-19)22(29)25-18-7-4-16(5-8-18)3-2-12-28/h4-11,13,15,28H,12,14H2,1H3,(H,25,29). The molecule has 30 heavy (non-hydrogen) atoms. The molecule has 0 atom stereocenters. The minimum absolute atomic E-state index is 0.189. The number of urea groups is 1. The fraction of sp³-hybridized carbons (Fsp3) is 0.136. The second kappa shape index (κ2) is 8.78. The number of aryl methyl sites for hydroxylation is 1. The molecule has 0 aliphatic rings. The van der Waals surface area contributed by atoms with Crippen LogP contribution in [0.15, 0.2) is 60.2 Å². The van der Waals surface area contributed by atoms with Crippen molar-refractivity contribution < 1.29 is 9.90 Å². The van der Waals surface area contributed by atoms with Gasteiger partial charge in [0.1, 0.15) is 12.4 Å². The van der Waals surface area contributed by atoms with E-state index in [1.165, 1.54) is 0 Å².